The van der Waals surface area contributed by atoms with Crippen molar-refractivity contribution >= 4 is 26.0 Å². The molecule has 0 aliphatic heterocycles. The molecule has 3 nitrogen and oxygen atoms in total. The maximum absolute atomic E-state index is 13.1. The van der Waals surface area contributed by atoms with E-state index in [1.807, 2.05) is 0 Å². The summed E-state index contributed by atoms with van der Waals surface area (Å²) in [7, 11) is -3.64. The summed E-state index contributed by atoms with van der Waals surface area (Å²) in [6.07, 6.45) is 4.01. The first-order chi connectivity index (χ1) is 9.03. The summed E-state index contributed by atoms with van der Waals surface area (Å²) >= 11 is 3.43. The first-order valence-corrected chi connectivity index (χ1v) is 8.97. The van der Waals surface area contributed by atoms with Crippen LogP contribution in [0.4, 0.5) is 4.39 Å². The van der Waals surface area contributed by atoms with E-state index >= 15 is 0 Å². The van der Waals surface area contributed by atoms with E-state index in [1.54, 1.807) is 0 Å². The summed E-state index contributed by atoms with van der Waals surface area (Å²) in [4.78, 5) is -0.00797. The highest BCUT2D eigenvalue weighted by atomic mass is 79.9. The quantitative estimate of drug-likeness (QED) is 0.849. The lowest BCUT2D eigenvalue weighted by Crippen LogP contribution is -2.42. The van der Waals surface area contributed by atoms with Crippen LogP contribution in [-0.2, 0) is 10.0 Å². The smallest absolute Gasteiger partial charge is 0.208 e. The molecule has 2 unspecified atom stereocenters. The van der Waals surface area contributed by atoms with Gasteiger partial charge in [-0.15, -0.1) is 0 Å². The van der Waals surface area contributed by atoms with Gasteiger partial charge in [0.05, 0.1) is 4.90 Å². The summed E-state index contributed by atoms with van der Waals surface area (Å²) in [6, 6.07) is 5.04. The third-order valence-corrected chi connectivity index (χ3v) is 5.84. The van der Waals surface area contributed by atoms with E-state index in [9.17, 15) is 12.8 Å². The Bertz CT molecular complexity index is 535. The summed E-state index contributed by atoms with van der Waals surface area (Å²) in [5.74, 6) is -0.236. The van der Waals surface area contributed by atoms with Crippen LogP contribution in [0.1, 0.15) is 25.7 Å². The molecule has 1 aromatic rings. The topological polar surface area (TPSA) is 46.2 Å². The maximum atomic E-state index is 13.1. The molecule has 0 spiro atoms. The summed E-state index contributed by atoms with van der Waals surface area (Å²) in [5, 5.41) is 0.781. The van der Waals surface area contributed by atoms with Crippen molar-refractivity contribution in [2.75, 3.05) is 5.33 Å². The van der Waals surface area contributed by atoms with Gasteiger partial charge in [0.1, 0.15) is 5.82 Å². The van der Waals surface area contributed by atoms with E-state index in [0.29, 0.717) is 5.92 Å². The van der Waals surface area contributed by atoms with Gasteiger partial charge in [-0.2, -0.15) is 0 Å². The monoisotopic (exact) mass is 349 g/mol. The van der Waals surface area contributed by atoms with Crippen LogP contribution < -0.4 is 4.72 Å². The second-order valence-electron chi connectivity index (χ2n) is 4.88. The molecule has 2 rings (SSSR count). The van der Waals surface area contributed by atoms with Crippen molar-refractivity contribution in [3.8, 4) is 0 Å². The average molecular weight is 350 g/mol. The first-order valence-electron chi connectivity index (χ1n) is 6.37. The molecule has 1 aliphatic rings. The molecular weight excluding hydrogens is 333 g/mol. The number of rotatable bonds is 4. The number of sulfonamides is 1. The van der Waals surface area contributed by atoms with Gasteiger partial charge in [0.2, 0.25) is 10.0 Å². The van der Waals surface area contributed by atoms with E-state index in [2.05, 4.69) is 20.7 Å². The number of alkyl halides is 1. The third kappa shape index (κ3) is 3.77. The maximum Gasteiger partial charge on any atom is 0.240 e. The number of halogens is 2. The molecule has 0 bridgehead atoms. The fraction of sp³-hybridized carbons (Fsp3) is 0.538. The van der Waals surface area contributed by atoms with Gasteiger partial charge in [-0.05, 0) is 37.0 Å². The Hall–Kier alpha value is -0.460. The minimum Gasteiger partial charge on any atom is -0.208 e. The number of benzene rings is 1. The standard InChI is InChI=1S/C13H17BrFNO2S/c14-9-10-4-1-2-7-13(10)16-19(17,18)12-6-3-5-11(15)8-12/h3,5-6,8,10,13,16H,1-2,4,7,9H2. The summed E-state index contributed by atoms with van der Waals surface area (Å²) < 4.78 is 40.3. The zero-order chi connectivity index (χ0) is 13.9. The van der Waals surface area contributed by atoms with E-state index in [-0.39, 0.29) is 10.9 Å². The number of hydrogen-bond acceptors (Lipinski definition) is 2. The Balaban J connectivity index is 2.16. The van der Waals surface area contributed by atoms with Crippen LogP contribution in [0, 0.1) is 11.7 Å². The van der Waals surface area contributed by atoms with Crippen molar-refractivity contribution < 1.29 is 12.8 Å². The summed E-state index contributed by atoms with van der Waals surface area (Å²) in [6.45, 7) is 0. The van der Waals surface area contributed by atoms with E-state index in [4.69, 9.17) is 0 Å². The van der Waals surface area contributed by atoms with Crippen LogP contribution in [0.15, 0.2) is 29.2 Å². The number of hydrogen-bond donors (Lipinski definition) is 1. The molecule has 6 heteroatoms. The molecule has 0 aromatic heterocycles. The van der Waals surface area contributed by atoms with Gasteiger partial charge in [0.25, 0.3) is 0 Å². The van der Waals surface area contributed by atoms with Gasteiger partial charge in [0, 0.05) is 11.4 Å². The van der Waals surface area contributed by atoms with Gasteiger partial charge in [-0.3, -0.25) is 0 Å². The highest BCUT2D eigenvalue weighted by Crippen LogP contribution is 2.27. The van der Waals surface area contributed by atoms with Crippen LogP contribution in [0.2, 0.25) is 0 Å². The van der Waals surface area contributed by atoms with Crippen LogP contribution in [-0.4, -0.2) is 19.8 Å². The highest BCUT2D eigenvalue weighted by molar-refractivity contribution is 9.09. The predicted molar refractivity (Wildman–Crippen MR) is 76.3 cm³/mol. The Morgan fingerprint density at radius 3 is 2.74 bits per heavy atom. The fourth-order valence-corrected chi connectivity index (χ4v) is 4.59. The molecule has 0 heterocycles. The van der Waals surface area contributed by atoms with Crippen molar-refractivity contribution in [2.24, 2.45) is 5.92 Å². The molecule has 1 fully saturated rings. The molecule has 19 heavy (non-hydrogen) atoms. The van der Waals surface area contributed by atoms with Crippen molar-refractivity contribution in [1.29, 1.82) is 0 Å². The van der Waals surface area contributed by atoms with Crippen molar-refractivity contribution in [2.45, 2.75) is 36.6 Å². The highest BCUT2D eigenvalue weighted by Gasteiger charge is 2.28. The minimum absolute atomic E-state index is 0.00797. The summed E-state index contributed by atoms with van der Waals surface area (Å²) in [5.41, 5.74) is 0. The first kappa shape index (κ1) is 14.9. The zero-order valence-electron chi connectivity index (χ0n) is 10.5. The molecule has 0 saturated heterocycles. The van der Waals surface area contributed by atoms with E-state index < -0.39 is 15.8 Å². The lowest BCUT2D eigenvalue weighted by molar-refractivity contribution is 0.316. The lowest BCUT2D eigenvalue weighted by Gasteiger charge is -2.30. The minimum atomic E-state index is -3.64. The van der Waals surface area contributed by atoms with Gasteiger partial charge in [-0.25, -0.2) is 17.5 Å². The molecule has 106 valence electrons. The Morgan fingerprint density at radius 1 is 1.32 bits per heavy atom. The Morgan fingerprint density at radius 2 is 2.05 bits per heavy atom. The number of nitrogens with one attached hydrogen (secondary N) is 1. The van der Waals surface area contributed by atoms with Crippen molar-refractivity contribution in [1.82, 2.24) is 4.72 Å². The molecule has 1 saturated carbocycles. The zero-order valence-corrected chi connectivity index (χ0v) is 12.9. The van der Waals surface area contributed by atoms with Gasteiger partial charge < -0.3 is 0 Å². The normalized spacial score (nSPS) is 24.3. The van der Waals surface area contributed by atoms with Gasteiger partial charge in [0.15, 0.2) is 0 Å². The Kier molecular flexibility index (Phi) is 4.97. The van der Waals surface area contributed by atoms with E-state index in [1.165, 1.54) is 18.2 Å². The second-order valence-corrected chi connectivity index (χ2v) is 7.25. The lowest BCUT2D eigenvalue weighted by atomic mass is 9.87. The third-order valence-electron chi connectivity index (χ3n) is 3.52. The van der Waals surface area contributed by atoms with Crippen LogP contribution in [0.5, 0.6) is 0 Å². The predicted octanol–water partition coefficient (Wildman–Crippen LogP) is 3.06. The molecule has 2 atom stereocenters. The average Bonchev–Trinajstić information content (AvgIpc) is 2.39. The van der Waals surface area contributed by atoms with Crippen LogP contribution in [0.25, 0.3) is 0 Å². The van der Waals surface area contributed by atoms with Crippen LogP contribution in [0.3, 0.4) is 0 Å². The van der Waals surface area contributed by atoms with E-state index in [0.717, 1.165) is 37.1 Å². The van der Waals surface area contributed by atoms with Crippen molar-refractivity contribution in [3.05, 3.63) is 30.1 Å². The Labute approximate surface area is 121 Å². The molecular formula is C13H17BrFNO2S. The molecule has 0 amide bonds. The van der Waals surface area contributed by atoms with Gasteiger partial charge in [-0.1, -0.05) is 34.8 Å². The van der Waals surface area contributed by atoms with Crippen molar-refractivity contribution in [3.63, 3.8) is 0 Å². The molecule has 0 radical (unpaired) electrons. The second kappa shape index (κ2) is 6.33. The molecule has 1 N–H and O–H groups in total. The largest absolute Gasteiger partial charge is 0.240 e. The van der Waals surface area contributed by atoms with Gasteiger partial charge >= 0.3 is 0 Å². The fourth-order valence-electron chi connectivity index (χ4n) is 2.45. The SMILES string of the molecule is O=S(=O)(NC1CCCCC1CBr)c1cccc(F)c1. The van der Waals surface area contributed by atoms with Crippen LogP contribution >= 0.6 is 15.9 Å². The molecule has 1 aliphatic carbocycles. The molecule has 1 aromatic carbocycles.